The molecule has 3 aromatic rings. The predicted molar refractivity (Wildman–Crippen MR) is 102 cm³/mol. The number of nitrogens with zero attached hydrogens (tertiary/aromatic N) is 5. The van der Waals surface area contributed by atoms with Gasteiger partial charge in [-0.25, -0.2) is 4.68 Å². The monoisotopic (exact) mass is 379 g/mol. The Labute approximate surface area is 161 Å². The van der Waals surface area contributed by atoms with Crippen LogP contribution in [0.15, 0.2) is 35.4 Å². The number of likely N-dealkylation sites (tertiary alicyclic amines) is 1. The first-order valence-corrected chi connectivity index (χ1v) is 9.43. The minimum absolute atomic E-state index is 0.0142. The standard InChI is InChI=1S/C20H21N5O3/c1-12-3-4-16-14(7-12)19(26)15(9-23(16)2)20(27)24-6-5-18-17(10-24)25-13(11-28-18)8-21-22-25/h3-4,7-9,17-18H,5-6,10-11H2,1-2H3/t17-,18-/m0/s1. The maximum absolute atomic E-state index is 13.3. The van der Waals surface area contributed by atoms with Crippen LogP contribution in [0.3, 0.4) is 0 Å². The van der Waals surface area contributed by atoms with Gasteiger partial charge in [0.25, 0.3) is 5.91 Å². The topological polar surface area (TPSA) is 82.2 Å². The molecule has 0 saturated carbocycles. The van der Waals surface area contributed by atoms with Gasteiger partial charge in [0, 0.05) is 31.7 Å². The number of hydrogen-bond donors (Lipinski definition) is 0. The van der Waals surface area contributed by atoms with Crippen LogP contribution in [0.5, 0.6) is 0 Å². The van der Waals surface area contributed by atoms with Crippen molar-refractivity contribution in [2.75, 3.05) is 13.1 Å². The first-order chi connectivity index (χ1) is 13.5. The van der Waals surface area contributed by atoms with E-state index in [-0.39, 0.29) is 29.0 Å². The summed E-state index contributed by atoms with van der Waals surface area (Å²) >= 11 is 0. The van der Waals surface area contributed by atoms with Crippen LogP contribution in [0.4, 0.5) is 0 Å². The third-order valence-corrected chi connectivity index (χ3v) is 5.79. The summed E-state index contributed by atoms with van der Waals surface area (Å²) in [6.07, 6.45) is 4.06. The van der Waals surface area contributed by atoms with E-state index in [2.05, 4.69) is 10.3 Å². The van der Waals surface area contributed by atoms with E-state index in [0.29, 0.717) is 31.5 Å². The summed E-state index contributed by atoms with van der Waals surface area (Å²) in [5, 5.41) is 8.71. The minimum Gasteiger partial charge on any atom is -0.370 e. The zero-order valence-corrected chi connectivity index (χ0v) is 15.8. The van der Waals surface area contributed by atoms with Gasteiger partial charge in [0.05, 0.1) is 36.2 Å². The molecule has 0 N–H and O–H groups in total. The maximum Gasteiger partial charge on any atom is 0.259 e. The summed E-state index contributed by atoms with van der Waals surface area (Å²) < 4.78 is 9.61. The van der Waals surface area contributed by atoms with Crippen LogP contribution in [0.1, 0.15) is 34.1 Å². The van der Waals surface area contributed by atoms with Crippen LogP contribution >= 0.6 is 0 Å². The Hall–Kier alpha value is -3.00. The highest BCUT2D eigenvalue weighted by molar-refractivity contribution is 5.97. The third-order valence-electron chi connectivity index (χ3n) is 5.79. The molecule has 2 aliphatic heterocycles. The number of piperidine rings is 1. The van der Waals surface area contributed by atoms with Gasteiger partial charge >= 0.3 is 0 Å². The second-order valence-electron chi connectivity index (χ2n) is 7.63. The van der Waals surface area contributed by atoms with Crippen molar-refractivity contribution in [2.45, 2.75) is 32.1 Å². The van der Waals surface area contributed by atoms with Crippen LogP contribution in [0, 0.1) is 6.92 Å². The molecule has 8 heteroatoms. The van der Waals surface area contributed by atoms with Gasteiger partial charge in [0.1, 0.15) is 5.56 Å². The molecule has 4 heterocycles. The second-order valence-corrected chi connectivity index (χ2v) is 7.63. The lowest BCUT2D eigenvalue weighted by Gasteiger charge is -2.40. The summed E-state index contributed by atoms with van der Waals surface area (Å²) in [5.74, 6) is -0.241. The SMILES string of the molecule is Cc1ccc2c(c1)c(=O)c(C(=O)N1CC[C@@H]3OCc4cnnn4[C@H]3C1)cn2C. The van der Waals surface area contributed by atoms with Crippen molar-refractivity contribution in [2.24, 2.45) is 7.05 Å². The Balaban J connectivity index is 1.51. The van der Waals surface area contributed by atoms with E-state index in [4.69, 9.17) is 4.74 Å². The van der Waals surface area contributed by atoms with E-state index in [1.165, 1.54) is 0 Å². The van der Waals surface area contributed by atoms with E-state index < -0.39 is 0 Å². The first-order valence-electron chi connectivity index (χ1n) is 9.43. The van der Waals surface area contributed by atoms with Crippen molar-refractivity contribution in [1.29, 1.82) is 0 Å². The van der Waals surface area contributed by atoms with Crippen molar-refractivity contribution >= 4 is 16.8 Å². The normalized spacial score (nSPS) is 21.4. The summed E-state index contributed by atoms with van der Waals surface area (Å²) in [4.78, 5) is 28.0. The van der Waals surface area contributed by atoms with Gasteiger partial charge in [-0.15, -0.1) is 5.10 Å². The number of rotatable bonds is 1. The number of carbonyl (C=O) groups is 1. The van der Waals surface area contributed by atoms with Gasteiger partial charge in [0.2, 0.25) is 5.43 Å². The Bertz CT molecular complexity index is 1150. The van der Waals surface area contributed by atoms with Crippen LogP contribution in [-0.2, 0) is 18.4 Å². The van der Waals surface area contributed by atoms with Crippen molar-refractivity contribution in [3.05, 3.63) is 57.6 Å². The molecule has 0 aliphatic carbocycles. The Kier molecular flexibility index (Phi) is 3.83. The van der Waals surface area contributed by atoms with Crippen molar-refractivity contribution < 1.29 is 9.53 Å². The van der Waals surface area contributed by atoms with E-state index in [0.717, 1.165) is 16.8 Å². The van der Waals surface area contributed by atoms with E-state index >= 15 is 0 Å². The van der Waals surface area contributed by atoms with E-state index in [1.807, 2.05) is 41.4 Å². The van der Waals surface area contributed by atoms with E-state index in [1.54, 1.807) is 17.3 Å². The van der Waals surface area contributed by atoms with Crippen molar-refractivity contribution in [3.8, 4) is 0 Å². The fourth-order valence-electron chi connectivity index (χ4n) is 4.29. The highest BCUT2D eigenvalue weighted by Crippen LogP contribution is 2.30. The number of carbonyl (C=O) groups excluding carboxylic acids is 1. The summed E-state index contributed by atoms with van der Waals surface area (Å²) in [7, 11) is 1.86. The van der Waals surface area contributed by atoms with Crippen molar-refractivity contribution in [1.82, 2.24) is 24.5 Å². The Morgan fingerprint density at radius 1 is 1.32 bits per heavy atom. The number of aromatic nitrogens is 4. The molecule has 1 amide bonds. The molecule has 1 fully saturated rings. The Morgan fingerprint density at radius 3 is 3.04 bits per heavy atom. The lowest BCUT2D eigenvalue weighted by molar-refractivity contribution is -0.0605. The summed E-state index contributed by atoms with van der Waals surface area (Å²) in [6, 6.07) is 5.65. The molecule has 2 atom stereocenters. The number of ether oxygens (including phenoxy) is 1. The fraction of sp³-hybridized carbons (Fsp3) is 0.400. The molecular formula is C20H21N5O3. The molecule has 5 rings (SSSR count). The number of benzene rings is 1. The third kappa shape index (κ3) is 2.56. The lowest BCUT2D eigenvalue weighted by atomic mass is 9.99. The molecule has 2 aliphatic rings. The van der Waals surface area contributed by atoms with Gasteiger partial charge < -0.3 is 14.2 Å². The smallest absolute Gasteiger partial charge is 0.259 e. The van der Waals surface area contributed by atoms with Gasteiger partial charge in [-0.2, -0.15) is 0 Å². The number of pyridine rings is 1. The summed E-state index contributed by atoms with van der Waals surface area (Å²) in [6.45, 7) is 3.44. The van der Waals surface area contributed by atoms with Gasteiger partial charge in [0.15, 0.2) is 0 Å². The van der Waals surface area contributed by atoms with Gasteiger partial charge in [-0.3, -0.25) is 9.59 Å². The molecule has 144 valence electrons. The maximum atomic E-state index is 13.3. The Morgan fingerprint density at radius 2 is 2.18 bits per heavy atom. The van der Waals surface area contributed by atoms with Gasteiger partial charge in [-0.05, 0) is 25.5 Å². The molecule has 1 saturated heterocycles. The zero-order chi connectivity index (χ0) is 19.4. The van der Waals surface area contributed by atoms with Crippen LogP contribution in [-0.4, -0.2) is 49.6 Å². The number of fused-ring (bicyclic) bond motifs is 4. The number of amides is 1. The van der Waals surface area contributed by atoms with Crippen LogP contribution < -0.4 is 5.43 Å². The highest BCUT2D eigenvalue weighted by Gasteiger charge is 2.38. The van der Waals surface area contributed by atoms with Crippen molar-refractivity contribution in [3.63, 3.8) is 0 Å². The minimum atomic E-state index is -0.241. The molecule has 0 radical (unpaired) electrons. The zero-order valence-electron chi connectivity index (χ0n) is 15.8. The molecule has 8 nitrogen and oxygen atoms in total. The van der Waals surface area contributed by atoms with E-state index in [9.17, 15) is 9.59 Å². The molecule has 0 unspecified atom stereocenters. The molecule has 0 spiro atoms. The molecule has 28 heavy (non-hydrogen) atoms. The molecular weight excluding hydrogens is 358 g/mol. The molecule has 2 aromatic heterocycles. The predicted octanol–water partition coefficient (Wildman–Crippen LogP) is 1.42. The second kappa shape index (κ2) is 6.27. The first kappa shape index (κ1) is 17.1. The average molecular weight is 379 g/mol. The average Bonchev–Trinajstić information content (AvgIpc) is 3.19. The van der Waals surface area contributed by atoms with Gasteiger partial charge in [-0.1, -0.05) is 16.8 Å². The number of hydrogen-bond acceptors (Lipinski definition) is 5. The quantitative estimate of drug-likeness (QED) is 0.639. The lowest BCUT2D eigenvalue weighted by Crippen LogP contribution is -2.50. The fourth-order valence-corrected chi connectivity index (χ4v) is 4.29. The highest BCUT2D eigenvalue weighted by atomic mass is 16.5. The number of aryl methyl sites for hydroxylation is 2. The van der Waals surface area contributed by atoms with Crippen LogP contribution in [0.2, 0.25) is 0 Å². The molecule has 0 bridgehead atoms. The largest absolute Gasteiger partial charge is 0.370 e. The van der Waals surface area contributed by atoms with Crippen LogP contribution in [0.25, 0.3) is 10.9 Å². The molecule has 1 aromatic carbocycles. The summed E-state index contributed by atoms with van der Waals surface area (Å²) in [5.41, 5.74) is 2.71.